The van der Waals surface area contributed by atoms with E-state index in [0.717, 1.165) is 23.3 Å². The Bertz CT molecular complexity index is 874. The number of carbonyl (C=O) groups excluding carboxylic acids is 1. The summed E-state index contributed by atoms with van der Waals surface area (Å²) in [6, 6.07) is 11.9. The number of amides is 1. The number of benzene rings is 1. The second kappa shape index (κ2) is 7.61. The second-order valence-electron chi connectivity index (χ2n) is 6.64. The molecule has 5 nitrogen and oxygen atoms in total. The molecule has 1 aliphatic heterocycles. The van der Waals surface area contributed by atoms with Crippen molar-refractivity contribution in [2.45, 2.75) is 19.0 Å². The van der Waals surface area contributed by atoms with Gasteiger partial charge >= 0.3 is 0 Å². The highest BCUT2D eigenvalue weighted by atomic mass is 32.1. The molecule has 0 aliphatic carbocycles. The molecule has 136 valence electrons. The van der Waals surface area contributed by atoms with Crippen LogP contribution in [0.15, 0.2) is 52.5 Å². The summed E-state index contributed by atoms with van der Waals surface area (Å²) in [6.07, 6.45) is 2.32. The fraction of sp³-hybridized carbons (Fsp3) is 0.350. The first-order valence-corrected chi connectivity index (χ1v) is 9.76. The van der Waals surface area contributed by atoms with Crippen molar-refractivity contribution in [3.63, 3.8) is 0 Å². The molecule has 3 heterocycles. The molecule has 1 N–H and O–H groups in total. The van der Waals surface area contributed by atoms with Crippen LogP contribution in [0.4, 0.5) is 0 Å². The lowest BCUT2D eigenvalue weighted by atomic mass is 10.1. The molecule has 4 rings (SSSR count). The summed E-state index contributed by atoms with van der Waals surface area (Å²) in [4.78, 5) is 17.2. The molecule has 2 aromatic heterocycles. The van der Waals surface area contributed by atoms with Gasteiger partial charge in [0, 0.05) is 42.5 Å². The standard InChI is InChI=1S/C20H22N2O3S/c23-9-5-17-13-22(8-7-21(17)14-18-2-1-10-25-18)20(24)16-3-4-19-15(12-16)6-11-26-19/h1-4,6,10-12,17,23H,5,7-9,13-14H2/t17-/m0/s1. The van der Waals surface area contributed by atoms with Crippen LogP contribution in [0.5, 0.6) is 0 Å². The van der Waals surface area contributed by atoms with Crippen LogP contribution >= 0.6 is 11.3 Å². The number of carbonyl (C=O) groups is 1. The Morgan fingerprint density at radius 1 is 1.27 bits per heavy atom. The summed E-state index contributed by atoms with van der Waals surface area (Å²) in [7, 11) is 0. The number of piperazine rings is 1. The van der Waals surface area contributed by atoms with Gasteiger partial charge in [0.25, 0.3) is 5.91 Å². The number of rotatable bonds is 5. The van der Waals surface area contributed by atoms with Crippen LogP contribution in [-0.2, 0) is 6.54 Å². The van der Waals surface area contributed by atoms with Gasteiger partial charge in [-0.2, -0.15) is 0 Å². The molecular formula is C20H22N2O3S. The molecule has 6 heteroatoms. The number of aliphatic hydroxyl groups excluding tert-OH is 1. The van der Waals surface area contributed by atoms with Gasteiger partial charge in [0.05, 0.1) is 12.8 Å². The summed E-state index contributed by atoms with van der Waals surface area (Å²) < 4.78 is 6.65. The number of hydrogen-bond acceptors (Lipinski definition) is 5. The van der Waals surface area contributed by atoms with Crippen molar-refractivity contribution in [1.29, 1.82) is 0 Å². The third kappa shape index (κ3) is 3.53. The molecule has 3 aromatic rings. The van der Waals surface area contributed by atoms with Crippen LogP contribution in [0.25, 0.3) is 10.1 Å². The van der Waals surface area contributed by atoms with Crippen LogP contribution in [0.2, 0.25) is 0 Å². The van der Waals surface area contributed by atoms with E-state index in [4.69, 9.17) is 4.42 Å². The van der Waals surface area contributed by atoms with Crippen molar-refractivity contribution in [2.75, 3.05) is 26.2 Å². The number of nitrogens with zero attached hydrogens (tertiary/aromatic N) is 2. The van der Waals surface area contributed by atoms with E-state index >= 15 is 0 Å². The number of aliphatic hydroxyl groups is 1. The number of thiophene rings is 1. The van der Waals surface area contributed by atoms with Gasteiger partial charge in [0.2, 0.25) is 0 Å². The number of hydrogen-bond donors (Lipinski definition) is 1. The Balaban J connectivity index is 1.48. The van der Waals surface area contributed by atoms with E-state index in [2.05, 4.69) is 4.90 Å². The first-order chi connectivity index (χ1) is 12.7. The summed E-state index contributed by atoms with van der Waals surface area (Å²) in [5, 5.41) is 12.6. The van der Waals surface area contributed by atoms with Crippen molar-refractivity contribution in [3.8, 4) is 0 Å². The predicted octanol–water partition coefficient (Wildman–Crippen LogP) is 3.20. The molecule has 0 unspecified atom stereocenters. The fourth-order valence-electron chi connectivity index (χ4n) is 3.59. The van der Waals surface area contributed by atoms with Crippen molar-refractivity contribution in [3.05, 3.63) is 59.4 Å². The summed E-state index contributed by atoms with van der Waals surface area (Å²) in [5.74, 6) is 0.981. The Morgan fingerprint density at radius 2 is 2.19 bits per heavy atom. The maximum atomic E-state index is 13.0. The molecule has 0 radical (unpaired) electrons. The van der Waals surface area contributed by atoms with Crippen molar-refractivity contribution >= 4 is 27.3 Å². The van der Waals surface area contributed by atoms with Gasteiger partial charge in [-0.1, -0.05) is 0 Å². The van der Waals surface area contributed by atoms with Crippen molar-refractivity contribution < 1.29 is 14.3 Å². The highest BCUT2D eigenvalue weighted by Crippen LogP contribution is 2.24. The maximum Gasteiger partial charge on any atom is 0.253 e. The average molecular weight is 370 g/mol. The first kappa shape index (κ1) is 17.3. The fourth-order valence-corrected chi connectivity index (χ4v) is 4.36. The van der Waals surface area contributed by atoms with E-state index in [9.17, 15) is 9.90 Å². The number of fused-ring (bicyclic) bond motifs is 1. The van der Waals surface area contributed by atoms with E-state index in [1.165, 1.54) is 4.70 Å². The lowest BCUT2D eigenvalue weighted by Gasteiger charge is -2.41. The summed E-state index contributed by atoms with van der Waals surface area (Å²) in [5.41, 5.74) is 0.734. The highest BCUT2D eigenvalue weighted by molar-refractivity contribution is 7.17. The van der Waals surface area contributed by atoms with Crippen LogP contribution in [0, 0.1) is 0 Å². The molecule has 1 atom stereocenters. The maximum absolute atomic E-state index is 13.0. The predicted molar refractivity (Wildman–Crippen MR) is 102 cm³/mol. The lowest BCUT2D eigenvalue weighted by molar-refractivity contribution is 0.0373. The molecule has 1 amide bonds. The Labute approximate surface area is 156 Å². The molecule has 1 fully saturated rings. The van der Waals surface area contributed by atoms with Crippen LogP contribution in [-0.4, -0.2) is 53.1 Å². The third-order valence-electron chi connectivity index (χ3n) is 4.99. The zero-order valence-electron chi connectivity index (χ0n) is 14.5. The zero-order chi connectivity index (χ0) is 17.9. The Hall–Kier alpha value is -2.15. The summed E-state index contributed by atoms with van der Waals surface area (Å²) >= 11 is 1.68. The number of furan rings is 1. The molecular weight excluding hydrogens is 348 g/mol. The average Bonchev–Trinajstić information content (AvgIpc) is 3.33. The zero-order valence-corrected chi connectivity index (χ0v) is 15.3. The quantitative estimate of drug-likeness (QED) is 0.749. The van der Waals surface area contributed by atoms with E-state index < -0.39 is 0 Å². The van der Waals surface area contributed by atoms with Gasteiger partial charge in [-0.15, -0.1) is 11.3 Å². The third-order valence-corrected chi connectivity index (χ3v) is 5.89. The lowest BCUT2D eigenvalue weighted by Crippen LogP contribution is -2.54. The van der Waals surface area contributed by atoms with Gasteiger partial charge in [-0.25, -0.2) is 0 Å². The van der Waals surface area contributed by atoms with Gasteiger partial charge in [-0.05, 0) is 53.6 Å². The summed E-state index contributed by atoms with van der Waals surface area (Å²) in [6.45, 7) is 2.91. The van der Waals surface area contributed by atoms with E-state index in [1.807, 2.05) is 46.7 Å². The topological polar surface area (TPSA) is 56.9 Å². The van der Waals surface area contributed by atoms with Crippen LogP contribution in [0.3, 0.4) is 0 Å². The Morgan fingerprint density at radius 3 is 3.00 bits per heavy atom. The van der Waals surface area contributed by atoms with Crippen LogP contribution in [0.1, 0.15) is 22.5 Å². The van der Waals surface area contributed by atoms with Gasteiger partial charge in [-0.3, -0.25) is 9.69 Å². The second-order valence-corrected chi connectivity index (χ2v) is 7.59. The van der Waals surface area contributed by atoms with Gasteiger partial charge < -0.3 is 14.4 Å². The minimum Gasteiger partial charge on any atom is -0.468 e. The molecule has 0 saturated carbocycles. The minimum atomic E-state index is 0.0682. The van der Waals surface area contributed by atoms with Crippen molar-refractivity contribution in [1.82, 2.24) is 9.80 Å². The first-order valence-electron chi connectivity index (χ1n) is 8.88. The minimum absolute atomic E-state index is 0.0682. The van der Waals surface area contributed by atoms with E-state index in [-0.39, 0.29) is 18.6 Å². The molecule has 26 heavy (non-hydrogen) atoms. The largest absolute Gasteiger partial charge is 0.468 e. The molecule has 0 bridgehead atoms. The monoisotopic (exact) mass is 370 g/mol. The normalized spacial score (nSPS) is 18.5. The van der Waals surface area contributed by atoms with E-state index in [1.54, 1.807) is 17.6 Å². The molecule has 1 aromatic carbocycles. The molecule has 0 spiro atoms. The SMILES string of the molecule is O=C(c1ccc2sccc2c1)N1CCN(Cc2ccco2)[C@@H](CCO)C1. The smallest absolute Gasteiger partial charge is 0.253 e. The van der Waals surface area contributed by atoms with Crippen molar-refractivity contribution in [2.24, 2.45) is 0 Å². The van der Waals surface area contributed by atoms with Gasteiger partial charge in [0.1, 0.15) is 5.76 Å². The van der Waals surface area contributed by atoms with Crippen LogP contribution < -0.4 is 0 Å². The highest BCUT2D eigenvalue weighted by Gasteiger charge is 2.30. The Kier molecular flexibility index (Phi) is 5.06. The molecule has 1 aliphatic rings. The van der Waals surface area contributed by atoms with E-state index in [0.29, 0.717) is 26.1 Å². The molecule has 1 saturated heterocycles. The van der Waals surface area contributed by atoms with Gasteiger partial charge in [0.15, 0.2) is 0 Å².